The zero-order valence-corrected chi connectivity index (χ0v) is 14.4. The molecule has 0 saturated carbocycles. The van der Waals surface area contributed by atoms with Crippen molar-refractivity contribution < 1.29 is 4.79 Å². The Balaban J connectivity index is 2.13. The lowest BCUT2D eigenvalue weighted by Gasteiger charge is -2.23. The fourth-order valence-electron chi connectivity index (χ4n) is 1.55. The van der Waals surface area contributed by atoms with Gasteiger partial charge in [0.2, 0.25) is 5.91 Å². The number of halogens is 1. The summed E-state index contributed by atoms with van der Waals surface area (Å²) in [6.07, 6.45) is 3.61. The molecule has 3 N–H and O–H groups in total. The van der Waals surface area contributed by atoms with Crippen molar-refractivity contribution in [1.82, 2.24) is 20.9 Å². The van der Waals surface area contributed by atoms with Gasteiger partial charge in [-0.25, -0.2) is 0 Å². The largest absolute Gasteiger partial charge is 0.349 e. The van der Waals surface area contributed by atoms with Gasteiger partial charge in [-0.15, -0.1) is 0 Å². The first-order valence-corrected chi connectivity index (χ1v) is 7.92. The van der Waals surface area contributed by atoms with E-state index in [4.69, 9.17) is 0 Å². The highest BCUT2D eigenvalue weighted by molar-refractivity contribution is 14.1. The summed E-state index contributed by atoms with van der Waals surface area (Å²) in [7, 11) is 0. The number of aromatic nitrogens is 1. The quantitative estimate of drug-likeness (QED) is 0.285. The van der Waals surface area contributed by atoms with Gasteiger partial charge in [-0.3, -0.25) is 15.1 Å². The third-order valence-electron chi connectivity index (χ3n) is 2.41. The van der Waals surface area contributed by atoms with Crippen molar-refractivity contribution in [2.75, 3.05) is 13.1 Å². The summed E-state index contributed by atoms with van der Waals surface area (Å²) in [6, 6.07) is 3.96. The van der Waals surface area contributed by atoms with E-state index >= 15 is 0 Å². The lowest BCUT2D eigenvalue weighted by Crippen LogP contribution is -2.49. The molecule has 0 fully saturated rings. The van der Waals surface area contributed by atoms with E-state index in [1.807, 2.05) is 39.1 Å². The Bertz CT molecular complexity index is 405. The second-order valence-electron chi connectivity index (χ2n) is 5.59. The third kappa shape index (κ3) is 7.76. The maximum atomic E-state index is 11.8. The molecule has 1 atom stereocenters. The van der Waals surface area contributed by atoms with Gasteiger partial charge in [0.25, 0.3) is 0 Å². The summed E-state index contributed by atoms with van der Waals surface area (Å²) in [5.41, 5.74) is 0.963. The van der Waals surface area contributed by atoms with Crippen LogP contribution in [0, 0.1) is 0 Å². The molecule has 0 saturated heterocycles. The summed E-state index contributed by atoms with van der Waals surface area (Å²) in [5, 5.41) is 9.44. The summed E-state index contributed by atoms with van der Waals surface area (Å²) < 4.78 is -0.216. The van der Waals surface area contributed by atoms with Crippen LogP contribution in [0.15, 0.2) is 24.5 Å². The van der Waals surface area contributed by atoms with E-state index in [1.165, 1.54) is 0 Å². The van der Waals surface area contributed by atoms with E-state index < -0.39 is 0 Å². The van der Waals surface area contributed by atoms with E-state index in [0.29, 0.717) is 0 Å². The molecule has 0 spiro atoms. The zero-order chi connectivity index (χ0) is 15.0. The summed E-state index contributed by atoms with van der Waals surface area (Å²) in [5.74, 6) is 0.0189. The van der Waals surface area contributed by atoms with Crippen molar-refractivity contribution in [3.8, 4) is 0 Å². The molecular formula is C14H23IN4O. The molecule has 0 aliphatic carbocycles. The third-order valence-corrected chi connectivity index (χ3v) is 3.41. The molecule has 0 bridgehead atoms. The standard InChI is InChI=1S/C14H23IN4O/c1-14(2,3)19-13(20)12(15)18-8-7-17-10-11-5-4-6-16-9-11/h4-6,9,12,17-18H,7-8,10H2,1-3H3,(H,19,20). The predicted octanol–water partition coefficient (Wildman–Crippen LogP) is 1.44. The summed E-state index contributed by atoms with van der Waals surface area (Å²) >= 11 is 2.11. The highest BCUT2D eigenvalue weighted by Crippen LogP contribution is 2.03. The molecule has 6 heteroatoms. The van der Waals surface area contributed by atoms with Gasteiger partial charge in [-0.2, -0.15) is 0 Å². The molecule has 0 aliphatic heterocycles. The molecule has 20 heavy (non-hydrogen) atoms. The van der Waals surface area contributed by atoms with Crippen molar-refractivity contribution in [3.05, 3.63) is 30.1 Å². The number of nitrogens with one attached hydrogen (secondary N) is 3. The number of nitrogens with zero attached hydrogens (tertiary/aromatic N) is 1. The Morgan fingerprint density at radius 1 is 1.40 bits per heavy atom. The Morgan fingerprint density at radius 3 is 2.75 bits per heavy atom. The van der Waals surface area contributed by atoms with Crippen LogP contribution in [0.3, 0.4) is 0 Å². The fourth-order valence-corrected chi connectivity index (χ4v) is 2.02. The first kappa shape index (κ1) is 17.3. The van der Waals surface area contributed by atoms with Crippen LogP contribution in [0.25, 0.3) is 0 Å². The molecule has 1 unspecified atom stereocenters. The normalized spacial score (nSPS) is 13.0. The monoisotopic (exact) mass is 390 g/mol. The second kappa shape index (κ2) is 8.53. The van der Waals surface area contributed by atoms with Gasteiger partial charge >= 0.3 is 0 Å². The fraction of sp³-hybridized carbons (Fsp3) is 0.571. The molecule has 0 radical (unpaired) electrons. The molecule has 1 aromatic rings. The van der Waals surface area contributed by atoms with Crippen LogP contribution in [0.5, 0.6) is 0 Å². The first-order valence-electron chi connectivity index (χ1n) is 6.67. The van der Waals surface area contributed by atoms with Crippen molar-refractivity contribution in [2.45, 2.75) is 36.9 Å². The molecule has 1 rings (SSSR count). The van der Waals surface area contributed by atoms with Gasteiger partial charge in [0.05, 0.1) is 0 Å². The molecule has 1 aromatic heterocycles. The minimum absolute atomic E-state index is 0.0189. The average molecular weight is 390 g/mol. The van der Waals surface area contributed by atoms with E-state index in [0.717, 1.165) is 25.2 Å². The molecular weight excluding hydrogens is 367 g/mol. The number of carbonyl (C=O) groups excluding carboxylic acids is 1. The van der Waals surface area contributed by atoms with Gasteiger partial charge in [-0.1, -0.05) is 28.7 Å². The lowest BCUT2D eigenvalue weighted by atomic mass is 10.1. The van der Waals surface area contributed by atoms with Gasteiger partial charge in [0.1, 0.15) is 4.05 Å². The van der Waals surface area contributed by atoms with Crippen LogP contribution in [0.2, 0.25) is 0 Å². The van der Waals surface area contributed by atoms with E-state index in [2.05, 4.69) is 43.5 Å². The molecule has 0 aromatic carbocycles. The summed E-state index contributed by atoms with van der Waals surface area (Å²) in [6.45, 7) is 8.26. The second-order valence-corrected chi connectivity index (χ2v) is 6.84. The highest BCUT2D eigenvalue weighted by atomic mass is 127. The molecule has 112 valence electrons. The van der Waals surface area contributed by atoms with E-state index in [9.17, 15) is 4.79 Å². The summed E-state index contributed by atoms with van der Waals surface area (Å²) in [4.78, 5) is 15.9. The van der Waals surface area contributed by atoms with Crippen LogP contribution in [0.4, 0.5) is 0 Å². The molecule has 1 heterocycles. The van der Waals surface area contributed by atoms with Crippen LogP contribution >= 0.6 is 22.6 Å². The Morgan fingerprint density at radius 2 is 2.15 bits per heavy atom. The predicted molar refractivity (Wildman–Crippen MR) is 89.7 cm³/mol. The highest BCUT2D eigenvalue weighted by Gasteiger charge is 2.19. The molecule has 1 amide bonds. The Kier molecular flexibility index (Phi) is 7.39. The number of hydrogen-bond acceptors (Lipinski definition) is 4. The van der Waals surface area contributed by atoms with Gasteiger partial charge < -0.3 is 10.6 Å². The van der Waals surface area contributed by atoms with E-state index in [1.54, 1.807) is 6.20 Å². The minimum atomic E-state index is -0.216. The average Bonchev–Trinajstić information content (AvgIpc) is 2.37. The van der Waals surface area contributed by atoms with E-state index in [-0.39, 0.29) is 15.5 Å². The van der Waals surface area contributed by atoms with Gasteiger partial charge in [-0.05, 0) is 32.4 Å². The zero-order valence-electron chi connectivity index (χ0n) is 12.2. The number of amides is 1. The number of rotatable bonds is 7. The smallest absolute Gasteiger partial charge is 0.247 e. The Hall–Kier alpha value is -0.730. The number of alkyl halides is 1. The van der Waals surface area contributed by atoms with Crippen molar-refractivity contribution >= 4 is 28.5 Å². The van der Waals surface area contributed by atoms with Crippen molar-refractivity contribution in [3.63, 3.8) is 0 Å². The van der Waals surface area contributed by atoms with Gasteiger partial charge in [0, 0.05) is 37.6 Å². The van der Waals surface area contributed by atoms with Crippen LogP contribution in [-0.4, -0.2) is 33.6 Å². The molecule has 0 aliphatic rings. The maximum absolute atomic E-state index is 11.8. The van der Waals surface area contributed by atoms with Crippen molar-refractivity contribution in [1.29, 1.82) is 0 Å². The SMILES string of the molecule is CC(C)(C)NC(=O)C(I)NCCNCc1cccnc1. The number of carbonyl (C=O) groups is 1. The molecule has 5 nitrogen and oxygen atoms in total. The Labute approximate surface area is 134 Å². The van der Waals surface area contributed by atoms with Crippen molar-refractivity contribution in [2.24, 2.45) is 0 Å². The van der Waals surface area contributed by atoms with Crippen LogP contribution in [-0.2, 0) is 11.3 Å². The number of pyridine rings is 1. The maximum Gasteiger partial charge on any atom is 0.247 e. The minimum Gasteiger partial charge on any atom is -0.349 e. The van der Waals surface area contributed by atoms with Gasteiger partial charge in [0.15, 0.2) is 0 Å². The topological polar surface area (TPSA) is 66.1 Å². The van der Waals surface area contributed by atoms with Crippen LogP contribution < -0.4 is 16.0 Å². The number of hydrogen-bond donors (Lipinski definition) is 3. The van der Waals surface area contributed by atoms with Crippen LogP contribution in [0.1, 0.15) is 26.3 Å². The first-order chi connectivity index (χ1) is 9.38. The lowest BCUT2D eigenvalue weighted by molar-refractivity contribution is -0.122.